The van der Waals surface area contributed by atoms with Crippen molar-refractivity contribution >= 4 is 11.8 Å². The van der Waals surface area contributed by atoms with Crippen molar-refractivity contribution < 1.29 is 37.4 Å². The van der Waals surface area contributed by atoms with E-state index in [1.807, 2.05) is 13.8 Å². The van der Waals surface area contributed by atoms with Gasteiger partial charge in [0, 0.05) is 29.2 Å². The molecule has 14 heteroatoms. The predicted octanol–water partition coefficient (Wildman–Crippen LogP) is 4.21. The van der Waals surface area contributed by atoms with Crippen molar-refractivity contribution in [1.29, 1.82) is 0 Å². The van der Waals surface area contributed by atoms with Crippen LogP contribution in [0.3, 0.4) is 0 Å². The molecule has 0 spiro atoms. The van der Waals surface area contributed by atoms with Gasteiger partial charge in [-0.1, -0.05) is 19.9 Å². The highest BCUT2D eigenvalue weighted by atomic mass is 19.4. The van der Waals surface area contributed by atoms with Crippen molar-refractivity contribution in [2.45, 2.75) is 70.4 Å². The smallest absolute Gasteiger partial charge is 0.393 e. The van der Waals surface area contributed by atoms with E-state index >= 15 is 0 Å². The lowest BCUT2D eigenvalue weighted by Crippen LogP contribution is -2.25. The third-order valence-electron chi connectivity index (χ3n) is 6.22. The van der Waals surface area contributed by atoms with E-state index in [4.69, 9.17) is 0 Å². The van der Waals surface area contributed by atoms with Crippen molar-refractivity contribution in [2.75, 3.05) is 0 Å². The van der Waals surface area contributed by atoms with E-state index in [0.717, 1.165) is 12.3 Å². The number of carbonyl (C=O) groups excluding carboxylic acids is 2. The molecule has 2 atom stereocenters. The third kappa shape index (κ3) is 8.47. The molecule has 0 saturated heterocycles. The fraction of sp³-hybridized carbons (Fsp3) is 0.407. The number of nitroso groups, excluding NO2 is 1. The number of benzene rings is 1. The molecule has 0 radical (unpaired) electrons. The van der Waals surface area contributed by atoms with Gasteiger partial charge in [-0.05, 0) is 61.1 Å². The summed E-state index contributed by atoms with van der Waals surface area (Å²) in [7, 11) is 0. The van der Waals surface area contributed by atoms with Gasteiger partial charge in [-0.2, -0.15) is 18.3 Å². The zero-order valence-electron chi connectivity index (χ0n) is 22.2. The van der Waals surface area contributed by atoms with Gasteiger partial charge in [-0.25, -0.2) is 9.07 Å². The van der Waals surface area contributed by atoms with E-state index in [2.05, 4.69) is 20.6 Å². The number of alkyl halides is 3. The van der Waals surface area contributed by atoms with E-state index in [0.29, 0.717) is 22.5 Å². The van der Waals surface area contributed by atoms with Crippen LogP contribution in [-0.4, -0.2) is 49.0 Å². The fourth-order valence-electron chi connectivity index (χ4n) is 4.30. The lowest BCUT2D eigenvalue weighted by atomic mass is 9.95. The van der Waals surface area contributed by atoms with Gasteiger partial charge in [-0.15, -0.1) is 4.91 Å². The van der Waals surface area contributed by atoms with Gasteiger partial charge < -0.3 is 15.5 Å². The average Bonchev–Trinajstić information content (AvgIpc) is 3.30. The van der Waals surface area contributed by atoms with Gasteiger partial charge in [0.25, 0.3) is 11.8 Å². The second-order valence-electron chi connectivity index (χ2n) is 9.76. The molecular weight excluding hydrogens is 550 g/mol. The molecule has 1 aromatic carbocycles. The van der Waals surface area contributed by atoms with Crippen LogP contribution in [0.5, 0.6) is 0 Å². The number of amides is 2. The maximum absolute atomic E-state index is 13.6. The first-order chi connectivity index (χ1) is 19.3. The summed E-state index contributed by atoms with van der Waals surface area (Å²) in [6.07, 6.45) is -6.39. The van der Waals surface area contributed by atoms with Crippen LogP contribution >= 0.6 is 0 Å². The second-order valence-corrected chi connectivity index (χ2v) is 9.76. The molecule has 0 unspecified atom stereocenters. The molecule has 3 aromatic rings. The Balaban J connectivity index is 1.87. The molecule has 0 aliphatic rings. The maximum atomic E-state index is 13.6. The number of hydrogen-bond acceptors (Lipinski definition) is 7. The van der Waals surface area contributed by atoms with E-state index in [1.54, 1.807) is 0 Å². The molecule has 0 bridgehead atoms. The molecular formula is C27H29F4N5O5. The first-order valence-electron chi connectivity index (χ1n) is 12.7. The first kappa shape index (κ1) is 31.5. The minimum absolute atomic E-state index is 0.0383. The largest absolute Gasteiger partial charge is 0.433 e. The van der Waals surface area contributed by atoms with Crippen LogP contribution in [0.2, 0.25) is 0 Å². The Morgan fingerprint density at radius 2 is 1.76 bits per heavy atom. The molecule has 0 aliphatic heterocycles. The highest BCUT2D eigenvalue weighted by molar-refractivity contribution is 5.94. The molecule has 3 rings (SSSR count). The number of pyridine rings is 1. The number of aliphatic hydroxyl groups is 2. The third-order valence-corrected chi connectivity index (χ3v) is 6.22. The molecule has 41 heavy (non-hydrogen) atoms. The molecule has 0 fully saturated rings. The summed E-state index contributed by atoms with van der Waals surface area (Å²) < 4.78 is 53.5. The number of carbonyl (C=O) groups is 2. The first-order valence-corrected chi connectivity index (χ1v) is 12.7. The highest BCUT2D eigenvalue weighted by Gasteiger charge is 2.32. The zero-order valence-corrected chi connectivity index (χ0v) is 22.2. The van der Waals surface area contributed by atoms with Gasteiger partial charge >= 0.3 is 6.18 Å². The van der Waals surface area contributed by atoms with Gasteiger partial charge in [0.15, 0.2) is 5.69 Å². The van der Waals surface area contributed by atoms with Gasteiger partial charge in [0.2, 0.25) is 0 Å². The Hall–Kier alpha value is -4.04. The molecule has 0 saturated carbocycles. The number of aliphatic hydroxyl groups excluding tert-OH is 2. The number of hydrogen-bond donors (Lipinski definition) is 3. The Morgan fingerprint density at radius 1 is 1.07 bits per heavy atom. The van der Waals surface area contributed by atoms with Gasteiger partial charge in [-0.3, -0.25) is 14.6 Å². The molecule has 3 N–H and O–H groups in total. The summed E-state index contributed by atoms with van der Waals surface area (Å²) in [5.74, 6) is -2.37. The Kier molecular flexibility index (Phi) is 10.4. The number of rotatable bonds is 12. The van der Waals surface area contributed by atoms with Crippen molar-refractivity contribution in [3.63, 3.8) is 0 Å². The van der Waals surface area contributed by atoms with Crippen LogP contribution in [0.1, 0.15) is 72.0 Å². The number of nitrogens with zero attached hydrogens (tertiary/aromatic N) is 4. The molecule has 2 aromatic heterocycles. The van der Waals surface area contributed by atoms with Crippen molar-refractivity contribution in [3.8, 4) is 5.69 Å². The SMILES string of the molecule is CC(C)c1c(C(=O)NCc2ccc(C(F)(F)F)nc2)nn(-c2ccc(F)cc2)c1CC[C@@H](O)C[C@@H](O)CC(=O)N=O. The Bertz CT molecular complexity index is 1360. The van der Waals surface area contributed by atoms with Crippen LogP contribution in [-0.2, 0) is 23.9 Å². The summed E-state index contributed by atoms with van der Waals surface area (Å²) in [5.41, 5.74) is 0.820. The quantitative estimate of drug-likeness (QED) is 0.215. The molecule has 2 amide bonds. The van der Waals surface area contributed by atoms with Gasteiger partial charge in [0.1, 0.15) is 11.5 Å². The zero-order chi connectivity index (χ0) is 30.3. The van der Waals surface area contributed by atoms with Crippen LogP contribution in [0, 0.1) is 10.7 Å². The standard InChI is InChI=1S/C27H29F4N5O5/c1-15(2)24-21(9-8-19(37)11-20(38)12-23(39)35-41)36(18-6-4-17(28)5-7-18)34-25(24)26(40)33-14-16-3-10-22(32-13-16)27(29,30)31/h3-7,10,13,15,19-20,37-38H,8-9,11-12,14H2,1-2H3,(H,33,40)/t19-,20-/m1/s1. The summed E-state index contributed by atoms with van der Waals surface area (Å²) >= 11 is 0. The lowest BCUT2D eigenvalue weighted by molar-refractivity contribution is -0.141. The van der Waals surface area contributed by atoms with Crippen molar-refractivity contribution in [1.82, 2.24) is 20.1 Å². The minimum atomic E-state index is -4.59. The van der Waals surface area contributed by atoms with Crippen LogP contribution in [0.15, 0.2) is 47.8 Å². The number of nitrogens with one attached hydrogen (secondary N) is 1. The van der Waals surface area contributed by atoms with Crippen LogP contribution in [0.25, 0.3) is 5.69 Å². The van der Waals surface area contributed by atoms with Crippen LogP contribution < -0.4 is 5.32 Å². The lowest BCUT2D eigenvalue weighted by Gasteiger charge is -2.16. The van der Waals surface area contributed by atoms with Crippen molar-refractivity contribution in [2.24, 2.45) is 5.18 Å². The normalized spacial score (nSPS) is 13.2. The second kappa shape index (κ2) is 13.5. The molecule has 220 valence electrons. The highest BCUT2D eigenvalue weighted by Crippen LogP contribution is 2.29. The summed E-state index contributed by atoms with van der Waals surface area (Å²) in [5, 5.41) is 29.8. The Labute approximate surface area is 232 Å². The minimum Gasteiger partial charge on any atom is -0.393 e. The summed E-state index contributed by atoms with van der Waals surface area (Å²) in [6.45, 7) is 3.53. The average molecular weight is 580 g/mol. The number of halogens is 4. The topological polar surface area (TPSA) is 147 Å². The molecule has 10 nitrogen and oxygen atoms in total. The molecule has 2 heterocycles. The van der Waals surface area contributed by atoms with Crippen molar-refractivity contribution in [3.05, 3.63) is 81.5 Å². The van der Waals surface area contributed by atoms with E-state index < -0.39 is 48.1 Å². The van der Waals surface area contributed by atoms with E-state index in [-0.39, 0.29) is 37.4 Å². The Morgan fingerprint density at radius 3 is 2.32 bits per heavy atom. The fourth-order valence-corrected chi connectivity index (χ4v) is 4.30. The summed E-state index contributed by atoms with van der Waals surface area (Å²) in [4.78, 5) is 38.1. The predicted molar refractivity (Wildman–Crippen MR) is 138 cm³/mol. The number of aromatic nitrogens is 3. The van der Waals surface area contributed by atoms with Crippen LogP contribution in [0.4, 0.5) is 17.6 Å². The maximum Gasteiger partial charge on any atom is 0.433 e. The monoisotopic (exact) mass is 579 g/mol. The summed E-state index contributed by atoms with van der Waals surface area (Å²) in [6, 6.07) is 7.38. The van der Waals surface area contributed by atoms with E-state index in [1.165, 1.54) is 35.0 Å². The van der Waals surface area contributed by atoms with Gasteiger partial charge in [0.05, 0.1) is 24.3 Å². The molecule has 0 aliphatic carbocycles. The van der Waals surface area contributed by atoms with E-state index in [9.17, 15) is 42.3 Å².